The maximum atomic E-state index is 12.9. The smallest absolute Gasteiger partial charge is 0.241 e. The highest BCUT2D eigenvalue weighted by atomic mass is 32.2. The molecule has 2 heterocycles. The molecule has 150 valence electrons. The number of fused-ring (bicyclic) bond motifs is 1. The summed E-state index contributed by atoms with van der Waals surface area (Å²) in [5, 5.41) is 3.36. The van der Waals surface area contributed by atoms with Crippen LogP contribution in [-0.2, 0) is 14.8 Å². The molecule has 1 aromatic carbocycles. The van der Waals surface area contributed by atoms with Gasteiger partial charge in [-0.1, -0.05) is 0 Å². The van der Waals surface area contributed by atoms with Crippen LogP contribution in [0.4, 0.5) is 0 Å². The molecule has 27 heavy (non-hydrogen) atoms. The van der Waals surface area contributed by atoms with Crippen LogP contribution in [0.5, 0.6) is 0 Å². The van der Waals surface area contributed by atoms with E-state index in [0.717, 1.165) is 54.0 Å². The summed E-state index contributed by atoms with van der Waals surface area (Å²) in [6.45, 7) is 13.3. The third kappa shape index (κ3) is 3.77. The summed E-state index contributed by atoms with van der Waals surface area (Å²) in [5.74, 6) is 1.14. The summed E-state index contributed by atoms with van der Waals surface area (Å²) < 4.78 is 28.5. The Kier molecular flexibility index (Phi) is 5.66. The highest BCUT2D eigenvalue weighted by Crippen LogP contribution is 2.29. The zero-order valence-corrected chi connectivity index (χ0v) is 17.8. The van der Waals surface area contributed by atoms with Crippen LogP contribution in [-0.4, -0.2) is 51.9 Å². The number of hydrogen-bond donors (Lipinski definition) is 2. The zero-order chi connectivity index (χ0) is 19.9. The lowest BCUT2D eigenvalue weighted by Crippen LogP contribution is -2.35. The van der Waals surface area contributed by atoms with Gasteiger partial charge in [0, 0.05) is 39.1 Å². The van der Waals surface area contributed by atoms with Crippen LogP contribution in [0.25, 0.3) is 0 Å². The molecule has 0 saturated carbocycles. The number of nitrogens with one attached hydrogen (secondary N) is 2. The Morgan fingerprint density at radius 1 is 0.963 bits per heavy atom. The molecule has 2 fully saturated rings. The van der Waals surface area contributed by atoms with Gasteiger partial charge in [0.05, 0.1) is 4.90 Å². The predicted molar refractivity (Wildman–Crippen MR) is 106 cm³/mol. The molecule has 2 aliphatic rings. The van der Waals surface area contributed by atoms with Gasteiger partial charge in [0.2, 0.25) is 15.9 Å². The molecule has 3 rings (SSSR count). The standard InChI is InChI=1S/C20H31N3O3S/c1-12-13(2)15(4)20(16(5)14(12)3)27(25,26)22-7-6-19(24)23-10-17-8-21-9-18(17)11-23/h17-18,21-22H,6-11H2,1-5H3/t17-,18+. The normalized spacial score (nSPS) is 22.3. The number of sulfonamides is 1. The van der Waals surface area contributed by atoms with Crippen molar-refractivity contribution < 1.29 is 13.2 Å². The maximum Gasteiger partial charge on any atom is 0.241 e. The summed E-state index contributed by atoms with van der Waals surface area (Å²) in [6, 6.07) is 0. The lowest BCUT2D eigenvalue weighted by Gasteiger charge is -2.20. The fraction of sp³-hybridized carbons (Fsp3) is 0.650. The first-order chi connectivity index (χ1) is 12.6. The first-order valence-corrected chi connectivity index (χ1v) is 11.2. The van der Waals surface area contributed by atoms with Gasteiger partial charge in [0.25, 0.3) is 0 Å². The molecule has 0 spiro atoms. The van der Waals surface area contributed by atoms with E-state index in [2.05, 4.69) is 10.0 Å². The third-order valence-corrected chi connectivity index (χ3v) is 8.31. The summed E-state index contributed by atoms with van der Waals surface area (Å²) in [7, 11) is -3.65. The lowest BCUT2D eigenvalue weighted by atomic mass is 9.95. The van der Waals surface area contributed by atoms with Crippen molar-refractivity contribution in [1.82, 2.24) is 14.9 Å². The summed E-state index contributed by atoms with van der Waals surface area (Å²) in [5.41, 5.74) is 4.72. The van der Waals surface area contributed by atoms with Gasteiger partial charge >= 0.3 is 0 Å². The Labute approximate surface area is 162 Å². The SMILES string of the molecule is Cc1c(C)c(C)c(S(=O)(=O)NCCC(=O)N2C[C@H]3CNC[C@H]3C2)c(C)c1C. The monoisotopic (exact) mass is 393 g/mol. The van der Waals surface area contributed by atoms with Crippen molar-refractivity contribution in [1.29, 1.82) is 0 Å². The number of nitrogens with zero attached hydrogens (tertiary/aromatic N) is 1. The molecular formula is C20H31N3O3S. The molecular weight excluding hydrogens is 362 g/mol. The quantitative estimate of drug-likeness (QED) is 0.796. The first kappa shape index (κ1) is 20.3. The predicted octanol–water partition coefficient (Wildman–Crippen LogP) is 1.57. The van der Waals surface area contributed by atoms with E-state index >= 15 is 0 Å². The van der Waals surface area contributed by atoms with Gasteiger partial charge in [0.1, 0.15) is 0 Å². The van der Waals surface area contributed by atoms with E-state index in [1.54, 1.807) is 0 Å². The Hall–Kier alpha value is -1.44. The molecule has 0 aliphatic carbocycles. The van der Waals surface area contributed by atoms with E-state index < -0.39 is 10.0 Å². The average molecular weight is 394 g/mol. The largest absolute Gasteiger partial charge is 0.342 e. The number of likely N-dealkylation sites (tertiary alicyclic amines) is 1. The molecule has 0 unspecified atom stereocenters. The minimum atomic E-state index is -3.65. The first-order valence-electron chi connectivity index (χ1n) is 9.68. The van der Waals surface area contributed by atoms with Crippen molar-refractivity contribution in [2.75, 3.05) is 32.7 Å². The number of amides is 1. The Bertz CT molecular complexity index is 823. The Balaban J connectivity index is 1.65. The molecule has 2 N–H and O–H groups in total. The molecule has 6 nitrogen and oxygen atoms in total. The van der Waals surface area contributed by atoms with Crippen molar-refractivity contribution in [2.45, 2.75) is 45.9 Å². The topological polar surface area (TPSA) is 78.5 Å². The van der Waals surface area contributed by atoms with Crippen molar-refractivity contribution in [2.24, 2.45) is 11.8 Å². The van der Waals surface area contributed by atoms with Crippen LogP contribution in [0.15, 0.2) is 4.90 Å². The summed E-state index contributed by atoms with van der Waals surface area (Å²) in [6.07, 6.45) is 0.202. The molecule has 0 bridgehead atoms. The van der Waals surface area contributed by atoms with Gasteiger partial charge in [-0.25, -0.2) is 13.1 Å². The van der Waals surface area contributed by atoms with Crippen molar-refractivity contribution >= 4 is 15.9 Å². The van der Waals surface area contributed by atoms with Crippen molar-refractivity contribution in [3.05, 3.63) is 27.8 Å². The van der Waals surface area contributed by atoms with E-state index in [1.165, 1.54) is 0 Å². The molecule has 0 aromatic heterocycles. The van der Waals surface area contributed by atoms with E-state index in [4.69, 9.17) is 0 Å². The number of benzene rings is 1. The maximum absolute atomic E-state index is 12.9. The van der Waals surface area contributed by atoms with E-state index in [9.17, 15) is 13.2 Å². The van der Waals surface area contributed by atoms with Gasteiger partial charge in [-0.05, 0) is 74.3 Å². The number of carbonyl (C=O) groups is 1. The van der Waals surface area contributed by atoms with Gasteiger partial charge in [-0.15, -0.1) is 0 Å². The third-order valence-electron chi connectivity index (χ3n) is 6.57. The number of hydrogen-bond acceptors (Lipinski definition) is 4. The highest BCUT2D eigenvalue weighted by Gasteiger charge is 2.37. The van der Waals surface area contributed by atoms with Crippen LogP contribution in [0.1, 0.15) is 34.2 Å². The minimum Gasteiger partial charge on any atom is -0.342 e. The van der Waals surface area contributed by atoms with E-state index in [-0.39, 0.29) is 18.9 Å². The van der Waals surface area contributed by atoms with Crippen molar-refractivity contribution in [3.8, 4) is 0 Å². The van der Waals surface area contributed by atoms with Crippen molar-refractivity contribution in [3.63, 3.8) is 0 Å². The number of rotatable bonds is 5. The highest BCUT2D eigenvalue weighted by molar-refractivity contribution is 7.89. The molecule has 2 aliphatic heterocycles. The zero-order valence-electron chi connectivity index (χ0n) is 17.0. The average Bonchev–Trinajstić information content (AvgIpc) is 3.19. The van der Waals surface area contributed by atoms with E-state index in [1.807, 2.05) is 39.5 Å². The van der Waals surface area contributed by atoms with Crippen LogP contribution in [0, 0.1) is 46.5 Å². The van der Waals surface area contributed by atoms with Gasteiger partial charge in [-0.2, -0.15) is 0 Å². The van der Waals surface area contributed by atoms with Crippen LogP contribution in [0.2, 0.25) is 0 Å². The van der Waals surface area contributed by atoms with Gasteiger partial charge in [0.15, 0.2) is 0 Å². The Morgan fingerprint density at radius 2 is 1.44 bits per heavy atom. The van der Waals surface area contributed by atoms with Crippen LogP contribution >= 0.6 is 0 Å². The molecule has 1 aromatic rings. The second-order valence-corrected chi connectivity index (χ2v) is 9.78. The Morgan fingerprint density at radius 3 is 1.96 bits per heavy atom. The molecule has 0 radical (unpaired) electrons. The van der Waals surface area contributed by atoms with Gasteiger partial charge < -0.3 is 10.2 Å². The molecule has 2 saturated heterocycles. The van der Waals surface area contributed by atoms with Crippen LogP contribution < -0.4 is 10.0 Å². The second-order valence-electron chi connectivity index (χ2n) is 8.08. The lowest BCUT2D eigenvalue weighted by molar-refractivity contribution is -0.130. The minimum absolute atomic E-state index is 0.0387. The second kappa shape index (κ2) is 7.53. The van der Waals surface area contributed by atoms with Crippen LogP contribution in [0.3, 0.4) is 0 Å². The molecule has 7 heteroatoms. The fourth-order valence-electron chi connectivity index (χ4n) is 4.45. The van der Waals surface area contributed by atoms with E-state index in [0.29, 0.717) is 16.7 Å². The number of carbonyl (C=O) groups excluding carboxylic acids is 1. The fourth-order valence-corrected chi connectivity index (χ4v) is 6.08. The molecule has 1 amide bonds. The summed E-state index contributed by atoms with van der Waals surface area (Å²) >= 11 is 0. The van der Waals surface area contributed by atoms with Gasteiger partial charge in [-0.3, -0.25) is 4.79 Å². The summed E-state index contributed by atoms with van der Waals surface area (Å²) in [4.78, 5) is 14.7. The molecule has 2 atom stereocenters.